The van der Waals surface area contributed by atoms with Crippen molar-refractivity contribution in [2.75, 3.05) is 37.8 Å². The molecule has 0 spiro atoms. The van der Waals surface area contributed by atoms with Crippen LogP contribution in [0.2, 0.25) is 0 Å². The van der Waals surface area contributed by atoms with Gasteiger partial charge in [0.15, 0.2) is 11.6 Å². The smallest absolute Gasteiger partial charge is 0.172 e. The summed E-state index contributed by atoms with van der Waals surface area (Å²) in [5, 5.41) is 0. The summed E-state index contributed by atoms with van der Waals surface area (Å²) in [6, 6.07) is 8.52. The van der Waals surface area contributed by atoms with E-state index in [9.17, 15) is 0 Å². The molecule has 2 heterocycles. The summed E-state index contributed by atoms with van der Waals surface area (Å²) < 4.78 is 0. The Morgan fingerprint density at radius 3 is 2.30 bits per heavy atom. The average molecular weight is 271 g/mol. The van der Waals surface area contributed by atoms with Crippen LogP contribution in [0.4, 0.5) is 11.6 Å². The number of nitrogens with two attached hydrogens (primary N) is 1. The zero-order chi connectivity index (χ0) is 14.1. The van der Waals surface area contributed by atoms with E-state index < -0.39 is 0 Å². The molecule has 106 valence electrons. The Balaban J connectivity index is 1.86. The second-order valence-electron chi connectivity index (χ2n) is 5.60. The molecule has 1 fully saturated rings. The minimum atomic E-state index is 0.534. The minimum absolute atomic E-state index is 0.534. The molecule has 1 aromatic heterocycles. The van der Waals surface area contributed by atoms with E-state index in [2.05, 4.69) is 28.9 Å². The zero-order valence-electron chi connectivity index (χ0n) is 12.1. The van der Waals surface area contributed by atoms with Gasteiger partial charge in [-0.25, -0.2) is 9.97 Å². The molecule has 2 N–H and O–H groups in total. The first-order chi connectivity index (χ1) is 9.65. The van der Waals surface area contributed by atoms with Gasteiger partial charge in [0.1, 0.15) is 0 Å². The van der Waals surface area contributed by atoms with Gasteiger partial charge in [0.25, 0.3) is 0 Å². The maximum absolute atomic E-state index is 6.09. The third-order valence-electron chi connectivity index (χ3n) is 4.07. The van der Waals surface area contributed by atoms with Crippen LogP contribution in [0.15, 0.2) is 24.3 Å². The standard InChI is InChI=1S/C15H21N5/c1-19(2)11-7-9-20(10-8-11)15-14(16)17-12-5-3-4-6-13(12)18-15/h3-6,11H,7-10H2,1-2H3,(H2,16,17). The van der Waals surface area contributed by atoms with E-state index in [4.69, 9.17) is 10.7 Å². The van der Waals surface area contributed by atoms with Crippen molar-refractivity contribution in [3.8, 4) is 0 Å². The van der Waals surface area contributed by atoms with Crippen LogP contribution in [-0.2, 0) is 0 Å². The van der Waals surface area contributed by atoms with Crippen LogP contribution in [0.1, 0.15) is 12.8 Å². The number of rotatable bonds is 2. The molecule has 2 aromatic rings. The predicted molar refractivity (Wildman–Crippen MR) is 82.9 cm³/mol. The van der Waals surface area contributed by atoms with Crippen LogP contribution in [0, 0.1) is 0 Å². The number of fused-ring (bicyclic) bond motifs is 1. The topological polar surface area (TPSA) is 58.3 Å². The van der Waals surface area contributed by atoms with E-state index >= 15 is 0 Å². The number of nitrogens with zero attached hydrogens (tertiary/aromatic N) is 4. The van der Waals surface area contributed by atoms with Gasteiger partial charge in [-0.1, -0.05) is 12.1 Å². The Labute approximate surface area is 119 Å². The molecule has 3 rings (SSSR count). The van der Waals surface area contributed by atoms with Crippen molar-refractivity contribution in [1.82, 2.24) is 14.9 Å². The van der Waals surface area contributed by atoms with Crippen molar-refractivity contribution in [3.05, 3.63) is 24.3 Å². The number of hydrogen-bond donors (Lipinski definition) is 1. The van der Waals surface area contributed by atoms with Gasteiger partial charge in [-0.05, 0) is 39.1 Å². The van der Waals surface area contributed by atoms with Crippen LogP contribution in [0.3, 0.4) is 0 Å². The Morgan fingerprint density at radius 1 is 1.10 bits per heavy atom. The lowest BCUT2D eigenvalue weighted by Gasteiger charge is -2.36. The SMILES string of the molecule is CN(C)C1CCN(c2nc3ccccc3nc2N)CC1. The number of anilines is 2. The van der Waals surface area contributed by atoms with Crippen molar-refractivity contribution in [2.24, 2.45) is 0 Å². The maximum atomic E-state index is 6.09. The zero-order valence-corrected chi connectivity index (χ0v) is 12.1. The van der Waals surface area contributed by atoms with Crippen molar-refractivity contribution >= 4 is 22.7 Å². The summed E-state index contributed by atoms with van der Waals surface area (Å²) in [6.45, 7) is 1.97. The third kappa shape index (κ3) is 2.41. The number of hydrogen-bond acceptors (Lipinski definition) is 5. The number of aromatic nitrogens is 2. The highest BCUT2D eigenvalue weighted by atomic mass is 15.2. The lowest BCUT2D eigenvalue weighted by Crippen LogP contribution is -2.42. The van der Waals surface area contributed by atoms with Gasteiger partial charge in [-0.15, -0.1) is 0 Å². The fourth-order valence-electron chi connectivity index (χ4n) is 2.83. The molecule has 0 radical (unpaired) electrons. The molecule has 1 aliphatic rings. The second-order valence-corrected chi connectivity index (χ2v) is 5.60. The van der Waals surface area contributed by atoms with Crippen LogP contribution in [0.25, 0.3) is 11.0 Å². The molecule has 1 saturated heterocycles. The van der Waals surface area contributed by atoms with Crippen molar-refractivity contribution in [2.45, 2.75) is 18.9 Å². The lowest BCUT2D eigenvalue weighted by atomic mass is 10.0. The Morgan fingerprint density at radius 2 is 1.70 bits per heavy atom. The first-order valence-corrected chi connectivity index (χ1v) is 7.09. The van der Waals surface area contributed by atoms with E-state index in [1.165, 1.54) is 0 Å². The van der Waals surface area contributed by atoms with Crippen LogP contribution in [0.5, 0.6) is 0 Å². The largest absolute Gasteiger partial charge is 0.381 e. The first-order valence-electron chi connectivity index (χ1n) is 7.09. The number of nitrogen functional groups attached to an aromatic ring is 1. The summed E-state index contributed by atoms with van der Waals surface area (Å²) >= 11 is 0. The maximum Gasteiger partial charge on any atom is 0.172 e. The van der Waals surface area contributed by atoms with E-state index in [-0.39, 0.29) is 0 Å². The number of piperidine rings is 1. The fraction of sp³-hybridized carbons (Fsp3) is 0.467. The molecule has 0 aliphatic carbocycles. The van der Waals surface area contributed by atoms with Crippen LogP contribution in [-0.4, -0.2) is 48.1 Å². The lowest BCUT2D eigenvalue weighted by molar-refractivity contribution is 0.249. The molecule has 20 heavy (non-hydrogen) atoms. The van der Waals surface area contributed by atoms with E-state index in [1.54, 1.807) is 0 Å². The summed E-state index contributed by atoms with van der Waals surface area (Å²) in [7, 11) is 4.29. The molecule has 0 amide bonds. The molecule has 0 atom stereocenters. The molecule has 0 saturated carbocycles. The minimum Gasteiger partial charge on any atom is -0.381 e. The highest BCUT2D eigenvalue weighted by Crippen LogP contribution is 2.26. The summed E-state index contributed by atoms with van der Waals surface area (Å²) in [6.07, 6.45) is 2.28. The molecule has 0 bridgehead atoms. The van der Waals surface area contributed by atoms with Crippen LogP contribution >= 0.6 is 0 Å². The monoisotopic (exact) mass is 271 g/mol. The molecule has 1 aromatic carbocycles. The molecule has 5 nitrogen and oxygen atoms in total. The Hall–Kier alpha value is -1.88. The summed E-state index contributed by atoms with van der Waals surface area (Å²) in [5.41, 5.74) is 7.85. The van der Waals surface area contributed by atoms with Gasteiger partial charge in [-0.3, -0.25) is 0 Å². The van der Waals surface area contributed by atoms with Gasteiger partial charge < -0.3 is 15.5 Å². The predicted octanol–water partition coefficient (Wildman–Crippen LogP) is 1.74. The molecular weight excluding hydrogens is 250 g/mol. The highest BCUT2D eigenvalue weighted by Gasteiger charge is 2.23. The van der Waals surface area contributed by atoms with E-state index in [1.807, 2.05) is 24.3 Å². The van der Waals surface area contributed by atoms with E-state index in [0.717, 1.165) is 42.8 Å². The van der Waals surface area contributed by atoms with Gasteiger partial charge in [0.05, 0.1) is 11.0 Å². The van der Waals surface area contributed by atoms with Gasteiger partial charge in [0, 0.05) is 19.1 Å². The number of benzene rings is 1. The van der Waals surface area contributed by atoms with Gasteiger partial charge in [-0.2, -0.15) is 0 Å². The van der Waals surface area contributed by atoms with Crippen molar-refractivity contribution in [3.63, 3.8) is 0 Å². The quantitative estimate of drug-likeness (QED) is 0.901. The molecule has 0 unspecified atom stereocenters. The Bertz CT molecular complexity index is 602. The van der Waals surface area contributed by atoms with Gasteiger partial charge >= 0.3 is 0 Å². The normalized spacial score (nSPS) is 17.1. The van der Waals surface area contributed by atoms with Crippen molar-refractivity contribution < 1.29 is 0 Å². The first kappa shape index (κ1) is 13.1. The van der Waals surface area contributed by atoms with Crippen LogP contribution < -0.4 is 10.6 Å². The third-order valence-corrected chi connectivity index (χ3v) is 4.07. The molecule has 5 heteroatoms. The average Bonchev–Trinajstić information content (AvgIpc) is 2.46. The van der Waals surface area contributed by atoms with E-state index in [0.29, 0.717) is 11.9 Å². The number of para-hydroxylation sites is 2. The van der Waals surface area contributed by atoms with Gasteiger partial charge in [0.2, 0.25) is 0 Å². The Kier molecular flexibility index (Phi) is 3.44. The second kappa shape index (κ2) is 5.25. The fourth-order valence-corrected chi connectivity index (χ4v) is 2.83. The summed E-state index contributed by atoms with van der Waals surface area (Å²) in [4.78, 5) is 13.7. The summed E-state index contributed by atoms with van der Waals surface area (Å²) in [5.74, 6) is 1.37. The highest BCUT2D eigenvalue weighted by molar-refractivity contribution is 5.79. The van der Waals surface area contributed by atoms with Crippen molar-refractivity contribution in [1.29, 1.82) is 0 Å². The molecule has 1 aliphatic heterocycles. The molecular formula is C15H21N5.